The Hall–Kier alpha value is -1.30. The molecular weight excluding hydrogens is 385 g/mol. The maximum Gasteiger partial charge on any atom is 0.253 e. The van der Waals surface area contributed by atoms with Crippen molar-refractivity contribution in [3.63, 3.8) is 0 Å². The summed E-state index contributed by atoms with van der Waals surface area (Å²) in [7, 11) is 4.03. The first-order chi connectivity index (χ1) is 12.9. The molecule has 0 aromatic heterocycles. The Bertz CT molecular complexity index is 704. The van der Waals surface area contributed by atoms with Gasteiger partial charge < -0.3 is 14.7 Å². The molecule has 2 saturated heterocycles. The first-order valence-electron chi connectivity index (χ1n) is 9.56. The molecule has 148 valence electrons. The van der Waals surface area contributed by atoms with Crippen molar-refractivity contribution in [2.75, 3.05) is 40.3 Å². The van der Waals surface area contributed by atoms with Crippen LogP contribution >= 0.6 is 23.2 Å². The van der Waals surface area contributed by atoms with Crippen molar-refractivity contribution in [1.82, 2.24) is 14.7 Å². The molecule has 5 nitrogen and oxygen atoms in total. The van der Waals surface area contributed by atoms with E-state index < -0.39 is 0 Å². The molecule has 2 aliphatic rings. The van der Waals surface area contributed by atoms with E-state index in [4.69, 9.17) is 23.2 Å². The van der Waals surface area contributed by atoms with Crippen LogP contribution in [0, 0.1) is 5.92 Å². The molecule has 1 unspecified atom stereocenters. The van der Waals surface area contributed by atoms with Gasteiger partial charge in [-0.15, -0.1) is 0 Å². The van der Waals surface area contributed by atoms with Crippen LogP contribution in [0.15, 0.2) is 18.2 Å². The molecule has 1 aromatic carbocycles. The summed E-state index contributed by atoms with van der Waals surface area (Å²) < 4.78 is 0. The normalized spacial score (nSPS) is 21.9. The summed E-state index contributed by atoms with van der Waals surface area (Å²) in [4.78, 5) is 31.8. The van der Waals surface area contributed by atoms with Crippen LogP contribution in [0.25, 0.3) is 0 Å². The maximum absolute atomic E-state index is 13.0. The molecule has 2 amide bonds. The van der Waals surface area contributed by atoms with Gasteiger partial charge in [0.25, 0.3) is 5.91 Å². The van der Waals surface area contributed by atoms with Crippen LogP contribution in [0.2, 0.25) is 10.0 Å². The van der Waals surface area contributed by atoms with Crippen LogP contribution < -0.4 is 0 Å². The molecule has 3 rings (SSSR count). The van der Waals surface area contributed by atoms with Gasteiger partial charge in [-0.25, -0.2) is 0 Å². The van der Waals surface area contributed by atoms with E-state index >= 15 is 0 Å². The lowest BCUT2D eigenvalue weighted by Crippen LogP contribution is -2.50. The third-order valence-corrected chi connectivity index (χ3v) is 6.55. The van der Waals surface area contributed by atoms with Crippen molar-refractivity contribution in [3.05, 3.63) is 33.8 Å². The van der Waals surface area contributed by atoms with Gasteiger partial charge in [-0.2, -0.15) is 0 Å². The van der Waals surface area contributed by atoms with Crippen LogP contribution in [0.4, 0.5) is 0 Å². The van der Waals surface area contributed by atoms with Gasteiger partial charge >= 0.3 is 0 Å². The number of amides is 2. The van der Waals surface area contributed by atoms with E-state index in [1.165, 1.54) is 0 Å². The zero-order valence-electron chi connectivity index (χ0n) is 16.0. The van der Waals surface area contributed by atoms with Gasteiger partial charge in [0, 0.05) is 31.7 Å². The molecule has 0 radical (unpaired) electrons. The molecule has 7 heteroatoms. The van der Waals surface area contributed by atoms with Crippen LogP contribution in [0.3, 0.4) is 0 Å². The Labute approximate surface area is 171 Å². The van der Waals surface area contributed by atoms with Gasteiger partial charge in [-0.05, 0) is 64.0 Å². The molecule has 0 bridgehead atoms. The maximum atomic E-state index is 13.0. The molecule has 0 aliphatic carbocycles. The van der Waals surface area contributed by atoms with E-state index in [-0.39, 0.29) is 17.7 Å². The van der Waals surface area contributed by atoms with E-state index in [1.807, 2.05) is 11.9 Å². The van der Waals surface area contributed by atoms with E-state index in [9.17, 15) is 9.59 Å². The summed E-state index contributed by atoms with van der Waals surface area (Å²) in [6.07, 6.45) is 3.69. The number of hydrogen-bond acceptors (Lipinski definition) is 3. The Morgan fingerprint density at radius 2 is 1.78 bits per heavy atom. The fourth-order valence-corrected chi connectivity index (χ4v) is 4.32. The molecular formula is C20H27Cl2N3O2. The van der Waals surface area contributed by atoms with Crippen molar-refractivity contribution in [2.24, 2.45) is 5.92 Å². The molecule has 2 aliphatic heterocycles. The van der Waals surface area contributed by atoms with E-state index in [1.54, 1.807) is 23.1 Å². The largest absolute Gasteiger partial charge is 0.342 e. The number of nitrogens with zero attached hydrogens (tertiary/aromatic N) is 3. The van der Waals surface area contributed by atoms with Crippen LogP contribution in [-0.2, 0) is 4.79 Å². The highest BCUT2D eigenvalue weighted by atomic mass is 35.5. The summed E-state index contributed by atoms with van der Waals surface area (Å²) in [5.74, 6) is -0.0562. The van der Waals surface area contributed by atoms with Gasteiger partial charge in [-0.3, -0.25) is 9.59 Å². The van der Waals surface area contributed by atoms with E-state index in [0.717, 1.165) is 38.8 Å². The summed E-state index contributed by atoms with van der Waals surface area (Å²) in [5, 5.41) is 0.800. The molecule has 1 aromatic rings. The second-order valence-corrected chi connectivity index (χ2v) is 8.52. The molecule has 1 atom stereocenters. The van der Waals surface area contributed by atoms with Crippen LogP contribution in [0.1, 0.15) is 36.0 Å². The number of rotatable bonds is 3. The molecule has 2 heterocycles. The third kappa shape index (κ3) is 4.76. The lowest BCUT2D eigenvalue weighted by molar-refractivity contribution is -0.138. The van der Waals surface area contributed by atoms with Crippen molar-refractivity contribution in [3.8, 4) is 0 Å². The summed E-state index contributed by atoms with van der Waals surface area (Å²) in [6, 6.07) is 5.22. The number of hydrogen-bond donors (Lipinski definition) is 0. The number of likely N-dealkylation sites (tertiary alicyclic amines) is 2. The smallest absolute Gasteiger partial charge is 0.253 e. The number of halogens is 2. The van der Waals surface area contributed by atoms with E-state index in [2.05, 4.69) is 11.9 Å². The third-order valence-electron chi connectivity index (χ3n) is 5.81. The summed E-state index contributed by atoms with van der Waals surface area (Å²) in [5.41, 5.74) is 0.515. The zero-order chi connectivity index (χ0) is 19.6. The fourth-order valence-electron chi connectivity index (χ4n) is 4.03. The SMILES string of the molecule is CN1CCC(N(C)C(=O)C2CCCN(C(=O)c3ccc(Cl)c(Cl)c3)C2)CC1. The number of benzene rings is 1. The topological polar surface area (TPSA) is 43.9 Å². The second kappa shape index (κ2) is 8.80. The molecule has 2 fully saturated rings. The van der Waals surface area contributed by atoms with Crippen molar-refractivity contribution < 1.29 is 9.59 Å². The van der Waals surface area contributed by atoms with Crippen molar-refractivity contribution in [1.29, 1.82) is 0 Å². The van der Waals surface area contributed by atoms with Gasteiger partial charge in [0.1, 0.15) is 0 Å². The predicted octanol–water partition coefficient (Wildman–Crippen LogP) is 3.40. The monoisotopic (exact) mass is 411 g/mol. The molecule has 27 heavy (non-hydrogen) atoms. The van der Waals surface area contributed by atoms with E-state index in [0.29, 0.717) is 34.7 Å². The number of piperidine rings is 2. The standard InChI is InChI=1S/C20H27Cl2N3O2/c1-23-10-7-16(8-11-23)24(2)19(26)15-4-3-9-25(13-15)20(27)14-5-6-17(21)18(22)12-14/h5-6,12,15-16H,3-4,7-11,13H2,1-2H3. The molecule has 0 saturated carbocycles. The number of carbonyl (C=O) groups excluding carboxylic acids is 2. The quantitative estimate of drug-likeness (QED) is 0.765. The van der Waals surface area contributed by atoms with Crippen molar-refractivity contribution in [2.45, 2.75) is 31.7 Å². The Morgan fingerprint density at radius 1 is 1.07 bits per heavy atom. The Morgan fingerprint density at radius 3 is 2.44 bits per heavy atom. The predicted molar refractivity (Wildman–Crippen MR) is 108 cm³/mol. The lowest BCUT2D eigenvalue weighted by atomic mass is 9.94. The minimum Gasteiger partial charge on any atom is -0.342 e. The highest BCUT2D eigenvalue weighted by molar-refractivity contribution is 6.42. The first-order valence-corrected chi connectivity index (χ1v) is 10.3. The Kier molecular flexibility index (Phi) is 6.66. The summed E-state index contributed by atoms with van der Waals surface area (Å²) in [6.45, 7) is 3.18. The average Bonchev–Trinajstić information content (AvgIpc) is 2.69. The fraction of sp³-hybridized carbons (Fsp3) is 0.600. The molecule has 0 N–H and O–H groups in total. The highest BCUT2D eigenvalue weighted by Crippen LogP contribution is 2.26. The summed E-state index contributed by atoms with van der Waals surface area (Å²) >= 11 is 12.0. The highest BCUT2D eigenvalue weighted by Gasteiger charge is 2.33. The minimum atomic E-state index is -0.130. The second-order valence-electron chi connectivity index (χ2n) is 7.70. The lowest BCUT2D eigenvalue weighted by Gasteiger charge is -2.39. The first kappa shape index (κ1) is 20.4. The van der Waals surface area contributed by atoms with Gasteiger partial charge in [0.05, 0.1) is 16.0 Å². The van der Waals surface area contributed by atoms with Crippen LogP contribution in [-0.4, -0.2) is 72.8 Å². The van der Waals surface area contributed by atoms with Crippen molar-refractivity contribution >= 4 is 35.0 Å². The van der Waals surface area contributed by atoms with Gasteiger partial charge in [0.15, 0.2) is 0 Å². The molecule has 0 spiro atoms. The Balaban J connectivity index is 1.63. The van der Waals surface area contributed by atoms with Gasteiger partial charge in [-0.1, -0.05) is 23.2 Å². The average molecular weight is 412 g/mol. The minimum absolute atomic E-state index is 0.0898. The number of carbonyl (C=O) groups is 2. The van der Waals surface area contributed by atoms with Crippen LogP contribution in [0.5, 0.6) is 0 Å². The zero-order valence-corrected chi connectivity index (χ0v) is 17.5. The van der Waals surface area contributed by atoms with Gasteiger partial charge in [0.2, 0.25) is 5.91 Å².